The first-order valence-corrected chi connectivity index (χ1v) is 9.88. The average Bonchev–Trinajstić information content (AvgIpc) is 3.28. The van der Waals surface area contributed by atoms with Gasteiger partial charge in [0.2, 0.25) is 0 Å². The first kappa shape index (κ1) is 19.0. The maximum Gasteiger partial charge on any atom is 0.274 e. The zero-order chi connectivity index (χ0) is 21.9. The fourth-order valence-corrected chi connectivity index (χ4v) is 4.07. The molecule has 2 aromatic carbocycles. The van der Waals surface area contributed by atoms with Gasteiger partial charge in [0.25, 0.3) is 5.56 Å². The lowest BCUT2D eigenvalue weighted by Crippen LogP contribution is -2.07. The second-order valence-electron chi connectivity index (χ2n) is 7.66. The molecule has 0 fully saturated rings. The number of benzene rings is 2. The largest absolute Gasteiger partial charge is 0.493 e. The molecule has 8 nitrogen and oxygen atoms in total. The lowest BCUT2D eigenvalue weighted by Gasteiger charge is -2.12. The van der Waals surface area contributed by atoms with Crippen LogP contribution < -0.4 is 20.5 Å². The Morgan fingerprint density at radius 3 is 2.48 bits per heavy atom. The van der Waals surface area contributed by atoms with Gasteiger partial charge in [-0.2, -0.15) is 0 Å². The van der Waals surface area contributed by atoms with E-state index in [9.17, 15) is 9.59 Å². The number of rotatable bonds is 4. The summed E-state index contributed by atoms with van der Waals surface area (Å²) in [4.78, 5) is 28.3. The Kier molecular flexibility index (Phi) is 4.18. The highest BCUT2D eigenvalue weighted by molar-refractivity contribution is 6.14. The number of hydrogen-bond donors (Lipinski definition) is 2. The van der Waals surface area contributed by atoms with Crippen molar-refractivity contribution in [3.05, 3.63) is 57.0 Å². The number of nitrogens with zero attached hydrogens (tertiary/aromatic N) is 1. The Balaban J connectivity index is 2.00. The van der Waals surface area contributed by atoms with E-state index in [-0.39, 0.29) is 17.0 Å². The lowest BCUT2D eigenvalue weighted by molar-refractivity contribution is 0.355. The number of pyridine rings is 1. The summed E-state index contributed by atoms with van der Waals surface area (Å²) < 4.78 is 18.7. The third-order valence-corrected chi connectivity index (χ3v) is 5.50. The van der Waals surface area contributed by atoms with Gasteiger partial charge in [0.05, 0.1) is 25.1 Å². The number of aromatic nitrogens is 3. The molecule has 2 N–H and O–H groups in total. The Morgan fingerprint density at radius 1 is 1.00 bits per heavy atom. The van der Waals surface area contributed by atoms with Crippen LogP contribution in [0.2, 0.25) is 0 Å². The van der Waals surface area contributed by atoms with Crippen LogP contribution in [0.25, 0.3) is 44.2 Å². The first-order chi connectivity index (χ1) is 14.9. The van der Waals surface area contributed by atoms with Crippen molar-refractivity contribution in [2.75, 3.05) is 14.2 Å². The summed E-state index contributed by atoms with van der Waals surface area (Å²) in [6, 6.07) is 10.1. The topological polar surface area (TPSA) is 102 Å². The Bertz CT molecular complexity index is 1580. The van der Waals surface area contributed by atoms with Crippen LogP contribution in [-0.2, 0) is 0 Å². The third kappa shape index (κ3) is 2.75. The fourth-order valence-electron chi connectivity index (χ4n) is 4.07. The minimum Gasteiger partial charge on any atom is -0.493 e. The molecule has 0 unspecified atom stereocenters. The molecule has 0 spiro atoms. The summed E-state index contributed by atoms with van der Waals surface area (Å²) in [5.74, 6) is 1.11. The molecule has 8 heteroatoms. The molecule has 31 heavy (non-hydrogen) atoms. The van der Waals surface area contributed by atoms with Gasteiger partial charge in [-0.3, -0.25) is 19.4 Å². The second kappa shape index (κ2) is 6.80. The normalized spacial score (nSPS) is 11.8. The van der Waals surface area contributed by atoms with E-state index in [4.69, 9.17) is 13.9 Å². The molecule has 0 saturated heterocycles. The number of methoxy groups -OCH3 is 2. The van der Waals surface area contributed by atoms with Gasteiger partial charge in [-0.25, -0.2) is 0 Å². The van der Waals surface area contributed by atoms with Crippen molar-refractivity contribution in [2.24, 2.45) is 0 Å². The van der Waals surface area contributed by atoms with Crippen molar-refractivity contribution in [3.8, 4) is 22.6 Å². The average molecular weight is 419 g/mol. The van der Waals surface area contributed by atoms with Crippen molar-refractivity contribution in [1.82, 2.24) is 14.8 Å². The summed E-state index contributed by atoms with van der Waals surface area (Å²) in [7, 11) is 3.13. The number of ether oxygens (including phenoxy) is 2. The molecule has 5 aromatic rings. The number of furan rings is 1. The molecular weight excluding hydrogens is 398 g/mol. The van der Waals surface area contributed by atoms with Crippen LogP contribution in [0.5, 0.6) is 11.5 Å². The van der Waals surface area contributed by atoms with E-state index in [1.54, 1.807) is 31.0 Å². The highest BCUT2D eigenvalue weighted by atomic mass is 16.5. The van der Waals surface area contributed by atoms with E-state index < -0.39 is 0 Å². The van der Waals surface area contributed by atoms with Gasteiger partial charge in [0.1, 0.15) is 11.2 Å². The van der Waals surface area contributed by atoms with E-state index in [0.29, 0.717) is 44.8 Å². The van der Waals surface area contributed by atoms with Crippen molar-refractivity contribution >= 4 is 33.1 Å². The molecule has 3 aromatic heterocycles. The molecule has 5 rings (SSSR count). The van der Waals surface area contributed by atoms with E-state index in [0.717, 1.165) is 10.9 Å². The fraction of sp³-hybridized carbons (Fsp3) is 0.217. The van der Waals surface area contributed by atoms with E-state index in [1.807, 2.05) is 26.0 Å². The van der Waals surface area contributed by atoms with E-state index >= 15 is 0 Å². The Labute approximate surface area is 176 Å². The summed E-state index contributed by atoms with van der Waals surface area (Å²) in [6.45, 7) is 3.97. The zero-order valence-electron chi connectivity index (χ0n) is 17.5. The highest BCUT2D eigenvalue weighted by Crippen LogP contribution is 2.41. The van der Waals surface area contributed by atoms with Crippen LogP contribution in [0.15, 0.2) is 50.4 Å². The van der Waals surface area contributed by atoms with Crippen molar-refractivity contribution < 1.29 is 13.9 Å². The molecule has 0 saturated carbocycles. The zero-order valence-corrected chi connectivity index (χ0v) is 17.5. The summed E-state index contributed by atoms with van der Waals surface area (Å²) in [5, 5.41) is 4.15. The molecule has 0 radical (unpaired) electrons. The minimum atomic E-state index is -0.239. The minimum absolute atomic E-state index is 0.0172. The lowest BCUT2D eigenvalue weighted by atomic mass is 10.0. The molecule has 0 aliphatic carbocycles. The summed E-state index contributed by atoms with van der Waals surface area (Å²) >= 11 is 0. The van der Waals surface area contributed by atoms with Crippen LogP contribution in [0, 0.1) is 0 Å². The first-order valence-electron chi connectivity index (χ1n) is 9.88. The Hall–Kier alpha value is -3.94. The SMILES string of the molecule is COc1ccc(-c2c3oc4cc(=O)ccc4c3[nH]c3c2c(=O)[nH]n3C(C)C)cc1OC. The number of nitrogens with one attached hydrogen (secondary N) is 2. The Morgan fingerprint density at radius 2 is 1.77 bits per heavy atom. The molecule has 0 amide bonds. The second-order valence-corrected chi connectivity index (χ2v) is 7.66. The van der Waals surface area contributed by atoms with E-state index in [2.05, 4.69) is 10.1 Å². The predicted molar refractivity (Wildman–Crippen MR) is 119 cm³/mol. The molecule has 158 valence electrons. The van der Waals surface area contributed by atoms with Crippen LogP contribution in [-0.4, -0.2) is 29.0 Å². The number of aromatic amines is 2. The van der Waals surface area contributed by atoms with Gasteiger partial charge in [-0.15, -0.1) is 0 Å². The quantitative estimate of drug-likeness (QED) is 0.455. The van der Waals surface area contributed by atoms with Gasteiger partial charge in [0.15, 0.2) is 22.5 Å². The highest BCUT2D eigenvalue weighted by Gasteiger charge is 2.23. The molecule has 0 aliphatic heterocycles. The molecule has 0 aliphatic rings. The monoisotopic (exact) mass is 419 g/mol. The maximum absolute atomic E-state index is 13.0. The van der Waals surface area contributed by atoms with Crippen molar-refractivity contribution in [1.29, 1.82) is 0 Å². The van der Waals surface area contributed by atoms with Gasteiger partial charge in [0, 0.05) is 23.1 Å². The predicted octanol–water partition coefficient (Wildman–Crippen LogP) is 4.18. The summed E-state index contributed by atoms with van der Waals surface area (Å²) in [5.41, 5.74) is 3.27. The van der Waals surface area contributed by atoms with Gasteiger partial charge in [-0.05, 0) is 43.7 Å². The number of fused-ring (bicyclic) bond motifs is 4. The molecule has 0 bridgehead atoms. The van der Waals surface area contributed by atoms with Gasteiger partial charge in [-0.1, -0.05) is 6.07 Å². The maximum atomic E-state index is 13.0. The van der Waals surface area contributed by atoms with Crippen LogP contribution >= 0.6 is 0 Å². The van der Waals surface area contributed by atoms with Gasteiger partial charge >= 0.3 is 0 Å². The third-order valence-electron chi connectivity index (χ3n) is 5.50. The van der Waals surface area contributed by atoms with Crippen LogP contribution in [0.1, 0.15) is 19.9 Å². The van der Waals surface area contributed by atoms with E-state index in [1.165, 1.54) is 12.1 Å². The van der Waals surface area contributed by atoms with Crippen molar-refractivity contribution in [2.45, 2.75) is 19.9 Å². The van der Waals surface area contributed by atoms with Crippen LogP contribution in [0.3, 0.4) is 0 Å². The van der Waals surface area contributed by atoms with Crippen molar-refractivity contribution in [3.63, 3.8) is 0 Å². The molecule has 3 heterocycles. The van der Waals surface area contributed by atoms with Crippen LogP contribution in [0.4, 0.5) is 0 Å². The van der Waals surface area contributed by atoms with Gasteiger partial charge < -0.3 is 18.9 Å². The summed E-state index contributed by atoms with van der Waals surface area (Å²) in [6.07, 6.45) is 0. The number of H-pyrrole nitrogens is 2. The molecule has 0 atom stereocenters. The smallest absolute Gasteiger partial charge is 0.274 e. The standard InChI is InChI=1S/C23H21N3O5/c1-11(2)26-22-19(23(28)25-26)18(12-5-8-15(29-3)17(9-12)30-4)21-20(24-22)14-7-6-13(27)10-16(14)31-21/h5-11,24H,1-4H3,(H,25,28). The molecular formula is C23H21N3O5. The number of hydrogen-bond acceptors (Lipinski definition) is 5.